The van der Waals surface area contributed by atoms with E-state index in [4.69, 9.17) is 9.47 Å². The van der Waals surface area contributed by atoms with Crippen LogP contribution in [-0.4, -0.2) is 52.0 Å². The van der Waals surface area contributed by atoms with Gasteiger partial charge in [0.15, 0.2) is 0 Å². The lowest BCUT2D eigenvalue weighted by Crippen LogP contribution is -2.15. The van der Waals surface area contributed by atoms with Crippen LogP contribution in [0.15, 0.2) is 0 Å². The quantitative estimate of drug-likeness (QED) is 0.538. The number of hydrogen-bond donors (Lipinski definition) is 0. The highest BCUT2D eigenvalue weighted by atomic mass is 16.5. The summed E-state index contributed by atoms with van der Waals surface area (Å²) < 4.78 is 10.6. The molecule has 0 saturated carbocycles. The molecule has 0 aromatic heterocycles. The van der Waals surface area contributed by atoms with E-state index in [9.17, 15) is 0 Å². The normalized spacial score (nSPS) is 13.6. The molecule has 0 saturated heterocycles. The first-order valence-electron chi connectivity index (χ1n) is 4.92. The van der Waals surface area contributed by atoms with E-state index < -0.39 is 0 Å². The van der Waals surface area contributed by atoms with Crippen LogP contribution in [0.5, 0.6) is 0 Å². The minimum atomic E-state index is 0.314. The molecule has 3 nitrogen and oxygen atoms in total. The van der Waals surface area contributed by atoms with E-state index in [2.05, 4.69) is 25.9 Å². The lowest BCUT2D eigenvalue weighted by molar-refractivity contribution is 0.0595. The van der Waals surface area contributed by atoms with Crippen molar-refractivity contribution in [3.63, 3.8) is 0 Å². The van der Waals surface area contributed by atoms with Crippen molar-refractivity contribution in [1.29, 1.82) is 0 Å². The SMILES string of the molecule is COC(C)CCOCCCN(C)C. The molecule has 0 radical (unpaired) electrons. The average Bonchev–Trinajstić information content (AvgIpc) is 2.10. The second-order valence-electron chi connectivity index (χ2n) is 3.60. The Labute approximate surface area is 82.0 Å². The molecule has 80 valence electrons. The van der Waals surface area contributed by atoms with Crippen LogP contribution in [0.4, 0.5) is 0 Å². The minimum absolute atomic E-state index is 0.314. The Hall–Kier alpha value is -0.120. The van der Waals surface area contributed by atoms with Crippen molar-refractivity contribution in [2.24, 2.45) is 0 Å². The third-order valence-electron chi connectivity index (χ3n) is 1.97. The monoisotopic (exact) mass is 189 g/mol. The summed E-state index contributed by atoms with van der Waals surface area (Å²) in [6.07, 6.45) is 2.40. The number of methoxy groups -OCH3 is 1. The molecule has 0 aliphatic heterocycles. The van der Waals surface area contributed by atoms with Crippen LogP contribution in [-0.2, 0) is 9.47 Å². The highest BCUT2D eigenvalue weighted by molar-refractivity contribution is 4.48. The van der Waals surface area contributed by atoms with Gasteiger partial charge in [0.25, 0.3) is 0 Å². The van der Waals surface area contributed by atoms with E-state index in [1.807, 2.05) is 0 Å². The lowest BCUT2D eigenvalue weighted by Gasteiger charge is -2.11. The first kappa shape index (κ1) is 12.9. The van der Waals surface area contributed by atoms with Crippen molar-refractivity contribution in [2.75, 3.05) is 41.0 Å². The van der Waals surface area contributed by atoms with Crippen LogP contribution in [0, 0.1) is 0 Å². The fraction of sp³-hybridized carbons (Fsp3) is 1.00. The third kappa shape index (κ3) is 9.80. The molecule has 13 heavy (non-hydrogen) atoms. The molecular formula is C10H23NO2. The summed E-state index contributed by atoms with van der Waals surface area (Å²) in [6, 6.07) is 0. The Balaban J connectivity index is 2.99. The van der Waals surface area contributed by atoms with Crippen molar-refractivity contribution in [3.05, 3.63) is 0 Å². The Morgan fingerprint density at radius 2 is 1.92 bits per heavy atom. The number of rotatable bonds is 8. The molecule has 0 spiro atoms. The summed E-state index contributed by atoms with van der Waals surface area (Å²) in [5.41, 5.74) is 0. The summed E-state index contributed by atoms with van der Waals surface area (Å²) in [6.45, 7) is 4.82. The summed E-state index contributed by atoms with van der Waals surface area (Å²) in [4.78, 5) is 2.17. The maximum Gasteiger partial charge on any atom is 0.0565 e. The zero-order valence-electron chi connectivity index (χ0n) is 9.38. The molecule has 0 bridgehead atoms. The molecule has 0 heterocycles. The molecule has 3 heteroatoms. The summed E-state index contributed by atoms with van der Waals surface area (Å²) >= 11 is 0. The predicted molar refractivity (Wildman–Crippen MR) is 55.1 cm³/mol. The van der Waals surface area contributed by atoms with Gasteiger partial charge in [0.1, 0.15) is 0 Å². The summed E-state index contributed by atoms with van der Waals surface area (Å²) in [5, 5.41) is 0. The Morgan fingerprint density at radius 1 is 1.23 bits per heavy atom. The van der Waals surface area contributed by atoms with Gasteiger partial charge < -0.3 is 14.4 Å². The summed E-state index contributed by atoms with van der Waals surface area (Å²) in [7, 11) is 5.89. The van der Waals surface area contributed by atoms with Gasteiger partial charge in [0, 0.05) is 20.3 Å². The number of nitrogens with zero attached hydrogens (tertiary/aromatic N) is 1. The van der Waals surface area contributed by atoms with Crippen molar-refractivity contribution in [1.82, 2.24) is 4.90 Å². The van der Waals surface area contributed by atoms with E-state index in [1.165, 1.54) is 0 Å². The largest absolute Gasteiger partial charge is 0.382 e. The molecule has 0 aromatic carbocycles. The van der Waals surface area contributed by atoms with Crippen LogP contribution in [0.3, 0.4) is 0 Å². The van der Waals surface area contributed by atoms with Gasteiger partial charge in [-0.05, 0) is 40.4 Å². The highest BCUT2D eigenvalue weighted by Crippen LogP contribution is 1.96. The second-order valence-corrected chi connectivity index (χ2v) is 3.60. The first-order valence-corrected chi connectivity index (χ1v) is 4.92. The molecule has 0 N–H and O–H groups in total. The van der Waals surface area contributed by atoms with E-state index in [-0.39, 0.29) is 0 Å². The molecule has 0 amide bonds. The fourth-order valence-corrected chi connectivity index (χ4v) is 0.952. The van der Waals surface area contributed by atoms with Gasteiger partial charge in [-0.1, -0.05) is 0 Å². The van der Waals surface area contributed by atoms with E-state index in [1.54, 1.807) is 7.11 Å². The Morgan fingerprint density at radius 3 is 2.46 bits per heavy atom. The molecule has 0 aliphatic carbocycles. The smallest absolute Gasteiger partial charge is 0.0565 e. The zero-order valence-corrected chi connectivity index (χ0v) is 9.38. The van der Waals surface area contributed by atoms with E-state index in [0.29, 0.717) is 6.10 Å². The first-order chi connectivity index (χ1) is 6.16. The van der Waals surface area contributed by atoms with Gasteiger partial charge in [-0.2, -0.15) is 0 Å². The fourth-order valence-electron chi connectivity index (χ4n) is 0.952. The molecule has 0 rings (SSSR count). The van der Waals surface area contributed by atoms with Crippen LogP contribution < -0.4 is 0 Å². The Kier molecular flexibility index (Phi) is 8.40. The third-order valence-corrected chi connectivity index (χ3v) is 1.97. The lowest BCUT2D eigenvalue weighted by atomic mass is 10.3. The zero-order chi connectivity index (χ0) is 10.1. The molecular weight excluding hydrogens is 166 g/mol. The van der Waals surface area contributed by atoms with Gasteiger partial charge in [-0.25, -0.2) is 0 Å². The molecule has 0 aromatic rings. The van der Waals surface area contributed by atoms with Gasteiger partial charge in [-0.15, -0.1) is 0 Å². The van der Waals surface area contributed by atoms with Crippen LogP contribution in [0.1, 0.15) is 19.8 Å². The van der Waals surface area contributed by atoms with Crippen LogP contribution in [0.25, 0.3) is 0 Å². The van der Waals surface area contributed by atoms with Crippen molar-refractivity contribution in [2.45, 2.75) is 25.9 Å². The highest BCUT2D eigenvalue weighted by Gasteiger charge is 1.98. The number of hydrogen-bond acceptors (Lipinski definition) is 3. The average molecular weight is 189 g/mol. The van der Waals surface area contributed by atoms with Gasteiger partial charge in [0.05, 0.1) is 6.10 Å². The van der Waals surface area contributed by atoms with Gasteiger partial charge >= 0.3 is 0 Å². The number of ether oxygens (including phenoxy) is 2. The van der Waals surface area contributed by atoms with Crippen molar-refractivity contribution < 1.29 is 9.47 Å². The standard InChI is InChI=1S/C10H23NO2/c1-10(12-4)6-9-13-8-5-7-11(2)3/h10H,5-9H2,1-4H3. The second kappa shape index (κ2) is 8.48. The van der Waals surface area contributed by atoms with E-state index >= 15 is 0 Å². The molecule has 0 aliphatic rings. The minimum Gasteiger partial charge on any atom is -0.382 e. The van der Waals surface area contributed by atoms with Crippen molar-refractivity contribution in [3.8, 4) is 0 Å². The molecule has 1 atom stereocenters. The summed E-state index contributed by atoms with van der Waals surface area (Å²) in [5.74, 6) is 0. The maximum atomic E-state index is 5.45. The maximum absolute atomic E-state index is 5.45. The van der Waals surface area contributed by atoms with Crippen LogP contribution in [0.2, 0.25) is 0 Å². The van der Waals surface area contributed by atoms with Crippen LogP contribution >= 0.6 is 0 Å². The molecule has 0 fully saturated rings. The van der Waals surface area contributed by atoms with Gasteiger partial charge in [0.2, 0.25) is 0 Å². The topological polar surface area (TPSA) is 21.7 Å². The predicted octanol–water partition coefficient (Wildman–Crippen LogP) is 1.38. The molecule has 1 unspecified atom stereocenters. The Bertz CT molecular complexity index is 107. The van der Waals surface area contributed by atoms with Crippen molar-refractivity contribution >= 4 is 0 Å². The van der Waals surface area contributed by atoms with Gasteiger partial charge in [-0.3, -0.25) is 0 Å². The van der Waals surface area contributed by atoms with E-state index in [0.717, 1.165) is 32.6 Å².